The van der Waals surface area contributed by atoms with Crippen molar-refractivity contribution in [2.75, 3.05) is 33.4 Å². The Labute approximate surface area is 171 Å². The Morgan fingerprint density at radius 2 is 1.90 bits per heavy atom. The quantitative estimate of drug-likeness (QED) is 0.323. The summed E-state index contributed by atoms with van der Waals surface area (Å²) >= 11 is 0. The van der Waals surface area contributed by atoms with Gasteiger partial charge in [-0.05, 0) is 43.2 Å². The van der Waals surface area contributed by atoms with Crippen LogP contribution in [0.1, 0.15) is 29.7 Å². The van der Waals surface area contributed by atoms with Crippen LogP contribution in [-0.2, 0) is 11.3 Å². The molecule has 2 aromatic rings. The van der Waals surface area contributed by atoms with E-state index in [0.29, 0.717) is 37.8 Å². The van der Waals surface area contributed by atoms with Gasteiger partial charge in [0.25, 0.3) is 0 Å². The van der Waals surface area contributed by atoms with Gasteiger partial charge in [0, 0.05) is 25.8 Å². The number of guanidine groups is 1. The van der Waals surface area contributed by atoms with Crippen LogP contribution < -0.4 is 15.4 Å². The Bertz CT molecular complexity index is 781. The van der Waals surface area contributed by atoms with Gasteiger partial charge in [-0.1, -0.05) is 24.3 Å². The fourth-order valence-electron chi connectivity index (χ4n) is 2.66. The van der Waals surface area contributed by atoms with Gasteiger partial charge in [0.15, 0.2) is 5.96 Å². The van der Waals surface area contributed by atoms with Crippen molar-refractivity contribution < 1.29 is 19.0 Å². The highest BCUT2D eigenvalue weighted by Crippen LogP contribution is 2.21. The summed E-state index contributed by atoms with van der Waals surface area (Å²) in [5, 5.41) is 16.6. The maximum atomic E-state index is 13.0. The molecule has 0 aliphatic carbocycles. The molecule has 0 saturated heterocycles. The van der Waals surface area contributed by atoms with E-state index in [0.717, 1.165) is 16.9 Å². The van der Waals surface area contributed by atoms with Gasteiger partial charge in [-0.25, -0.2) is 9.38 Å². The maximum Gasteiger partial charge on any atom is 0.191 e. The zero-order valence-electron chi connectivity index (χ0n) is 17.2. The normalized spacial score (nSPS) is 12.5. The predicted molar refractivity (Wildman–Crippen MR) is 113 cm³/mol. The summed E-state index contributed by atoms with van der Waals surface area (Å²) in [6.45, 7) is 6.33. The Balaban J connectivity index is 2.02. The lowest BCUT2D eigenvalue weighted by atomic mass is 10.1. The number of hydrogen-bond acceptors (Lipinski definition) is 4. The van der Waals surface area contributed by atoms with Gasteiger partial charge >= 0.3 is 0 Å². The second kappa shape index (κ2) is 12.0. The number of benzene rings is 2. The first-order valence-corrected chi connectivity index (χ1v) is 9.70. The molecule has 0 bridgehead atoms. The first-order valence-electron chi connectivity index (χ1n) is 9.70. The summed E-state index contributed by atoms with van der Waals surface area (Å²) in [6.07, 6.45) is -0.772. The van der Waals surface area contributed by atoms with Crippen molar-refractivity contribution in [3.8, 4) is 5.75 Å². The van der Waals surface area contributed by atoms with Gasteiger partial charge < -0.3 is 25.2 Å². The minimum Gasteiger partial charge on any atom is -0.491 e. The van der Waals surface area contributed by atoms with Crippen molar-refractivity contribution in [2.24, 2.45) is 4.99 Å². The lowest BCUT2D eigenvalue weighted by Crippen LogP contribution is -2.39. The van der Waals surface area contributed by atoms with E-state index in [-0.39, 0.29) is 12.4 Å². The van der Waals surface area contributed by atoms with E-state index in [9.17, 15) is 9.50 Å². The number of nitrogens with zero attached hydrogens (tertiary/aromatic N) is 1. The number of hydrogen-bond donors (Lipinski definition) is 3. The van der Waals surface area contributed by atoms with Gasteiger partial charge in [-0.2, -0.15) is 0 Å². The van der Waals surface area contributed by atoms with Crippen molar-refractivity contribution in [1.82, 2.24) is 10.6 Å². The van der Waals surface area contributed by atoms with Gasteiger partial charge in [0.1, 0.15) is 18.2 Å². The number of aliphatic hydroxyl groups is 1. The first-order chi connectivity index (χ1) is 14.0. The van der Waals surface area contributed by atoms with E-state index in [1.807, 2.05) is 32.0 Å². The van der Waals surface area contributed by atoms with Gasteiger partial charge in [-0.3, -0.25) is 0 Å². The number of halogens is 1. The highest BCUT2D eigenvalue weighted by Gasteiger charge is 2.09. The fraction of sp³-hybridized carbons (Fsp3) is 0.409. The van der Waals surface area contributed by atoms with E-state index in [1.54, 1.807) is 19.2 Å². The zero-order valence-corrected chi connectivity index (χ0v) is 17.2. The Morgan fingerprint density at radius 1 is 1.14 bits per heavy atom. The highest BCUT2D eigenvalue weighted by molar-refractivity contribution is 5.79. The van der Waals surface area contributed by atoms with E-state index in [1.165, 1.54) is 12.1 Å². The predicted octanol–water partition coefficient (Wildman–Crippen LogP) is 2.95. The molecule has 29 heavy (non-hydrogen) atoms. The monoisotopic (exact) mass is 403 g/mol. The maximum absolute atomic E-state index is 13.0. The van der Waals surface area contributed by atoms with Crippen LogP contribution in [0.3, 0.4) is 0 Å². The molecule has 0 heterocycles. The molecule has 1 unspecified atom stereocenters. The van der Waals surface area contributed by atoms with Crippen molar-refractivity contribution in [3.05, 3.63) is 65.0 Å². The van der Waals surface area contributed by atoms with Gasteiger partial charge in [0.2, 0.25) is 0 Å². The number of nitrogens with one attached hydrogen (secondary N) is 2. The largest absolute Gasteiger partial charge is 0.491 e. The molecule has 2 aromatic carbocycles. The van der Waals surface area contributed by atoms with Crippen LogP contribution in [0.2, 0.25) is 0 Å². The highest BCUT2D eigenvalue weighted by atomic mass is 19.1. The molecule has 0 aromatic heterocycles. The van der Waals surface area contributed by atoms with Crippen molar-refractivity contribution in [2.45, 2.75) is 26.5 Å². The standard InChI is InChI=1S/C22H30FN3O3/c1-4-24-22(26-15-20(27)17-7-9-19(23)10-8-17)25-14-18-6-5-16(2)13-21(18)29-12-11-28-3/h5-10,13,20,27H,4,11-12,14-15H2,1-3H3,(H2,24,25,26). The van der Waals surface area contributed by atoms with Crippen molar-refractivity contribution in [3.63, 3.8) is 0 Å². The zero-order chi connectivity index (χ0) is 21.1. The second-order valence-electron chi connectivity index (χ2n) is 6.60. The Kier molecular flexibility index (Phi) is 9.40. The third-order valence-corrected chi connectivity index (χ3v) is 4.24. The molecule has 0 fully saturated rings. The van der Waals surface area contributed by atoms with Crippen LogP contribution in [0.15, 0.2) is 47.5 Å². The molecular weight excluding hydrogens is 373 g/mol. The summed E-state index contributed by atoms with van der Waals surface area (Å²) in [4.78, 5) is 4.59. The molecule has 0 aliphatic rings. The number of ether oxygens (including phenoxy) is 2. The Morgan fingerprint density at radius 3 is 2.59 bits per heavy atom. The summed E-state index contributed by atoms with van der Waals surface area (Å²) in [6, 6.07) is 11.8. The van der Waals surface area contributed by atoms with Gasteiger partial charge in [-0.15, -0.1) is 0 Å². The smallest absolute Gasteiger partial charge is 0.191 e. The van der Waals surface area contributed by atoms with Crippen LogP contribution in [0.4, 0.5) is 4.39 Å². The number of aliphatic imine (C=N–C) groups is 1. The minimum atomic E-state index is -0.772. The molecule has 158 valence electrons. The average molecular weight is 403 g/mol. The molecule has 0 aliphatic heterocycles. The van der Waals surface area contributed by atoms with Crippen molar-refractivity contribution >= 4 is 5.96 Å². The lowest BCUT2D eigenvalue weighted by Gasteiger charge is -2.16. The van der Waals surface area contributed by atoms with E-state index < -0.39 is 6.10 Å². The molecular formula is C22H30FN3O3. The molecule has 6 nitrogen and oxygen atoms in total. The van der Waals surface area contributed by atoms with Crippen LogP contribution in [0, 0.1) is 12.7 Å². The summed E-state index contributed by atoms with van der Waals surface area (Å²) in [5.74, 6) is 1.04. The van der Waals surface area contributed by atoms with Gasteiger partial charge in [0.05, 0.1) is 19.3 Å². The molecule has 7 heteroatoms. The first kappa shape index (κ1) is 22.6. The summed E-state index contributed by atoms with van der Waals surface area (Å²) < 4.78 is 23.9. The average Bonchev–Trinajstić information content (AvgIpc) is 2.71. The molecule has 3 N–H and O–H groups in total. The van der Waals surface area contributed by atoms with Crippen molar-refractivity contribution in [1.29, 1.82) is 0 Å². The van der Waals surface area contributed by atoms with Crippen LogP contribution in [0.25, 0.3) is 0 Å². The minimum absolute atomic E-state index is 0.253. The second-order valence-corrected chi connectivity index (χ2v) is 6.60. The third-order valence-electron chi connectivity index (χ3n) is 4.24. The summed E-state index contributed by atoms with van der Waals surface area (Å²) in [5.41, 5.74) is 2.71. The molecule has 1 atom stereocenters. The van der Waals surface area contributed by atoms with Crippen LogP contribution in [-0.4, -0.2) is 44.5 Å². The molecule has 0 saturated carbocycles. The Hall–Kier alpha value is -2.64. The number of rotatable bonds is 10. The van der Waals surface area contributed by atoms with E-state index in [4.69, 9.17) is 9.47 Å². The van der Waals surface area contributed by atoms with Crippen LogP contribution >= 0.6 is 0 Å². The van der Waals surface area contributed by atoms with E-state index >= 15 is 0 Å². The molecule has 0 amide bonds. The number of aliphatic hydroxyl groups excluding tert-OH is 1. The summed E-state index contributed by atoms with van der Waals surface area (Å²) in [7, 11) is 1.64. The van der Waals surface area contributed by atoms with E-state index in [2.05, 4.69) is 15.6 Å². The molecule has 2 rings (SSSR count). The van der Waals surface area contributed by atoms with Crippen LogP contribution in [0.5, 0.6) is 5.75 Å². The SMILES string of the molecule is CCNC(=NCc1ccc(C)cc1OCCOC)NCC(O)c1ccc(F)cc1. The molecule has 0 radical (unpaired) electrons. The topological polar surface area (TPSA) is 75.1 Å². The number of methoxy groups -OCH3 is 1. The third kappa shape index (κ3) is 7.71. The number of aryl methyl sites for hydroxylation is 1. The molecule has 0 spiro atoms. The fourth-order valence-corrected chi connectivity index (χ4v) is 2.66. The lowest BCUT2D eigenvalue weighted by molar-refractivity contribution is 0.145.